The molecule has 2 heterocycles. The lowest BCUT2D eigenvalue weighted by atomic mass is 10.3. The van der Waals surface area contributed by atoms with Crippen molar-refractivity contribution in [1.29, 1.82) is 0 Å². The van der Waals surface area contributed by atoms with Gasteiger partial charge in [-0.1, -0.05) is 0 Å². The summed E-state index contributed by atoms with van der Waals surface area (Å²) in [5, 5.41) is 3.49. The standard InChI is InChI=1S/C13H19Br2N3/c1-10(18-4-2-3-5-18)7-16-9-13-12(15)6-11(14)8-17-13/h6,8,10,16H,2-5,7,9H2,1H3. The molecule has 18 heavy (non-hydrogen) atoms. The highest BCUT2D eigenvalue weighted by Gasteiger charge is 2.17. The molecule has 1 aliphatic heterocycles. The molecule has 0 bridgehead atoms. The van der Waals surface area contributed by atoms with Gasteiger partial charge in [-0.25, -0.2) is 0 Å². The van der Waals surface area contributed by atoms with Crippen LogP contribution < -0.4 is 5.32 Å². The lowest BCUT2D eigenvalue weighted by molar-refractivity contribution is 0.251. The number of rotatable bonds is 5. The minimum absolute atomic E-state index is 0.613. The van der Waals surface area contributed by atoms with E-state index in [-0.39, 0.29) is 0 Å². The quantitative estimate of drug-likeness (QED) is 0.855. The average molecular weight is 377 g/mol. The average Bonchev–Trinajstić information content (AvgIpc) is 2.85. The van der Waals surface area contributed by atoms with Crippen molar-refractivity contribution in [3.05, 3.63) is 26.9 Å². The van der Waals surface area contributed by atoms with Gasteiger partial charge in [-0.3, -0.25) is 9.88 Å². The summed E-state index contributed by atoms with van der Waals surface area (Å²) in [6, 6.07) is 2.65. The molecule has 1 atom stereocenters. The maximum Gasteiger partial charge on any atom is 0.0684 e. The van der Waals surface area contributed by atoms with Crippen LogP contribution in [-0.2, 0) is 6.54 Å². The first-order valence-electron chi connectivity index (χ1n) is 6.41. The number of nitrogens with one attached hydrogen (secondary N) is 1. The van der Waals surface area contributed by atoms with Crippen LogP contribution >= 0.6 is 31.9 Å². The van der Waals surface area contributed by atoms with E-state index in [2.05, 4.69) is 54.0 Å². The third-order valence-corrected chi connectivity index (χ3v) is 4.50. The molecular weight excluding hydrogens is 358 g/mol. The maximum absolute atomic E-state index is 4.40. The highest BCUT2D eigenvalue weighted by molar-refractivity contribution is 9.11. The van der Waals surface area contributed by atoms with Crippen molar-refractivity contribution < 1.29 is 0 Å². The van der Waals surface area contributed by atoms with Crippen LogP contribution in [0, 0.1) is 0 Å². The van der Waals surface area contributed by atoms with E-state index in [0.717, 1.165) is 27.7 Å². The Kier molecular flexibility index (Phi) is 5.60. The van der Waals surface area contributed by atoms with Crippen LogP contribution in [0.1, 0.15) is 25.5 Å². The molecule has 5 heteroatoms. The Morgan fingerprint density at radius 1 is 1.39 bits per heavy atom. The minimum atomic E-state index is 0.613. The van der Waals surface area contributed by atoms with Gasteiger partial charge >= 0.3 is 0 Å². The topological polar surface area (TPSA) is 28.2 Å². The molecule has 100 valence electrons. The molecule has 3 nitrogen and oxygen atoms in total. The third kappa shape index (κ3) is 4.02. The summed E-state index contributed by atoms with van der Waals surface area (Å²) in [7, 11) is 0. The van der Waals surface area contributed by atoms with E-state index in [1.54, 1.807) is 0 Å². The molecule has 2 rings (SSSR count). The van der Waals surface area contributed by atoms with Crippen LogP contribution in [0.5, 0.6) is 0 Å². The fourth-order valence-electron chi connectivity index (χ4n) is 2.28. The number of pyridine rings is 1. The zero-order chi connectivity index (χ0) is 13.0. The van der Waals surface area contributed by atoms with E-state index in [1.807, 2.05) is 12.3 Å². The highest BCUT2D eigenvalue weighted by atomic mass is 79.9. The van der Waals surface area contributed by atoms with E-state index in [9.17, 15) is 0 Å². The molecule has 0 amide bonds. The van der Waals surface area contributed by atoms with Gasteiger partial charge in [0, 0.05) is 34.3 Å². The van der Waals surface area contributed by atoms with Crippen molar-refractivity contribution in [3.8, 4) is 0 Å². The molecule has 1 aromatic heterocycles. The van der Waals surface area contributed by atoms with Crippen LogP contribution in [0.2, 0.25) is 0 Å². The van der Waals surface area contributed by atoms with E-state index in [0.29, 0.717) is 6.04 Å². The van der Waals surface area contributed by atoms with Gasteiger partial charge in [0.1, 0.15) is 0 Å². The Hall–Kier alpha value is 0.0300. The summed E-state index contributed by atoms with van der Waals surface area (Å²) in [5.41, 5.74) is 1.06. The molecule has 0 spiro atoms. The van der Waals surface area contributed by atoms with Gasteiger partial charge in [0.25, 0.3) is 0 Å². The van der Waals surface area contributed by atoms with Crippen LogP contribution in [-0.4, -0.2) is 35.6 Å². The van der Waals surface area contributed by atoms with Crippen molar-refractivity contribution in [2.75, 3.05) is 19.6 Å². The van der Waals surface area contributed by atoms with Gasteiger partial charge in [-0.05, 0) is 70.8 Å². The number of hydrogen-bond acceptors (Lipinski definition) is 3. The second-order valence-electron chi connectivity index (χ2n) is 4.81. The van der Waals surface area contributed by atoms with E-state index >= 15 is 0 Å². The molecule has 1 unspecified atom stereocenters. The number of hydrogen-bond donors (Lipinski definition) is 1. The third-order valence-electron chi connectivity index (χ3n) is 3.38. The largest absolute Gasteiger partial charge is 0.310 e. The SMILES string of the molecule is CC(CNCc1ncc(Br)cc1Br)N1CCCC1. The fraction of sp³-hybridized carbons (Fsp3) is 0.615. The number of halogens is 2. The molecule has 0 radical (unpaired) electrons. The summed E-state index contributed by atoms with van der Waals surface area (Å²) in [6.45, 7) is 6.63. The first-order valence-corrected chi connectivity index (χ1v) is 8.00. The van der Waals surface area contributed by atoms with Crippen molar-refractivity contribution in [3.63, 3.8) is 0 Å². The van der Waals surface area contributed by atoms with Crippen LogP contribution in [0.15, 0.2) is 21.2 Å². The first kappa shape index (κ1) is 14.4. The summed E-state index contributed by atoms with van der Waals surface area (Å²) in [6.07, 6.45) is 4.54. The van der Waals surface area contributed by atoms with Crippen molar-refractivity contribution >= 4 is 31.9 Å². The molecule has 1 fully saturated rings. The van der Waals surface area contributed by atoms with Crippen LogP contribution in [0.4, 0.5) is 0 Å². The zero-order valence-corrected chi connectivity index (χ0v) is 13.8. The number of likely N-dealkylation sites (tertiary alicyclic amines) is 1. The zero-order valence-electron chi connectivity index (χ0n) is 10.6. The monoisotopic (exact) mass is 375 g/mol. The normalized spacial score (nSPS) is 18.2. The Bertz CT molecular complexity index is 392. The van der Waals surface area contributed by atoms with Crippen molar-refractivity contribution in [1.82, 2.24) is 15.2 Å². The lowest BCUT2D eigenvalue weighted by Gasteiger charge is -2.23. The molecule has 1 aliphatic rings. The number of nitrogens with zero attached hydrogens (tertiary/aromatic N) is 2. The predicted octanol–water partition coefficient (Wildman–Crippen LogP) is 3.18. The molecule has 0 aliphatic carbocycles. The molecule has 1 N–H and O–H groups in total. The van der Waals surface area contributed by atoms with Gasteiger partial charge < -0.3 is 5.32 Å². The van der Waals surface area contributed by atoms with E-state index in [4.69, 9.17) is 0 Å². The fourth-order valence-corrected chi connectivity index (χ4v) is 3.41. The summed E-state index contributed by atoms with van der Waals surface area (Å²) in [4.78, 5) is 6.95. The molecule has 1 saturated heterocycles. The molecule has 1 aromatic rings. The highest BCUT2D eigenvalue weighted by Crippen LogP contribution is 2.19. The Labute approximate surface area is 126 Å². The summed E-state index contributed by atoms with van der Waals surface area (Å²) < 4.78 is 2.06. The second-order valence-corrected chi connectivity index (χ2v) is 6.58. The lowest BCUT2D eigenvalue weighted by Crippen LogP contribution is -2.38. The minimum Gasteiger partial charge on any atom is -0.310 e. The summed E-state index contributed by atoms with van der Waals surface area (Å²) >= 11 is 6.95. The van der Waals surface area contributed by atoms with Gasteiger partial charge in [0.15, 0.2) is 0 Å². The summed E-state index contributed by atoms with van der Waals surface area (Å²) in [5.74, 6) is 0. The van der Waals surface area contributed by atoms with Crippen molar-refractivity contribution in [2.24, 2.45) is 0 Å². The molecule has 0 aromatic carbocycles. The Morgan fingerprint density at radius 2 is 2.11 bits per heavy atom. The molecular formula is C13H19Br2N3. The van der Waals surface area contributed by atoms with Gasteiger partial charge in [0.2, 0.25) is 0 Å². The van der Waals surface area contributed by atoms with Gasteiger partial charge in [-0.2, -0.15) is 0 Å². The van der Waals surface area contributed by atoms with Gasteiger partial charge in [-0.15, -0.1) is 0 Å². The van der Waals surface area contributed by atoms with Crippen LogP contribution in [0.3, 0.4) is 0 Å². The van der Waals surface area contributed by atoms with E-state index < -0.39 is 0 Å². The van der Waals surface area contributed by atoms with Crippen molar-refractivity contribution in [2.45, 2.75) is 32.4 Å². The Balaban J connectivity index is 1.77. The maximum atomic E-state index is 4.40. The smallest absolute Gasteiger partial charge is 0.0684 e. The second kappa shape index (κ2) is 6.98. The van der Waals surface area contributed by atoms with Gasteiger partial charge in [0.05, 0.1) is 5.69 Å². The number of aromatic nitrogens is 1. The van der Waals surface area contributed by atoms with Crippen LogP contribution in [0.25, 0.3) is 0 Å². The Morgan fingerprint density at radius 3 is 2.78 bits per heavy atom. The first-order chi connectivity index (χ1) is 8.66. The molecule has 0 saturated carbocycles. The predicted molar refractivity (Wildman–Crippen MR) is 81.6 cm³/mol. The van der Waals surface area contributed by atoms with E-state index in [1.165, 1.54) is 25.9 Å².